The predicted molar refractivity (Wildman–Crippen MR) is 36.2 cm³/mol. The van der Waals surface area contributed by atoms with Crippen molar-refractivity contribution in [2.24, 2.45) is 0 Å². The van der Waals surface area contributed by atoms with E-state index >= 15 is 0 Å². The zero-order chi connectivity index (χ0) is 8.91. The van der Waals surface area contributed by atoms with E-state index in [9.17, 15) is 0 Å². The second-order valence-electron chi connectivity index (χ2n) is 1.72. The summed E-state index contributed by atoms with van der Waals surface area (Å²) >= 11 is 0. The average Bonchev–Trinajstić information content (AvgIpc) is 2.00. The molecule has 0 unspecified atom stereocenters. The fourth-order valence-corrected chi connectivity index (χ4v) is 1.14. The fraction of sp³-hybridized carbons (Fsp3) is 1.00. The van der Waals surface area contributed by atoms with Crippen molar-refractivity contribution in [3.8, 4) is 0 Å². The van der Waals surface area contributed by atoms with Crippen LogP contribution in [-0.2, 0) is 13.3 Å². The summed E-state index contributed by atoms with van der Waals surface area (Å²) in [5.74, 6) is 0. The van der Waals surface area contributed by atoms with Crippen LogP contribution in [0.1, 0.15) is 0 Å². The number of rotatable bonds is 5. The van der Waals surface area contributed by atoms with Crippen molar-refractivity contribution >= 4 is 9.05 Å². The molecule has 7 heteroatoms. The Balaban J connectivity index is 3.69. The van der Waals surface area contributed by atoms with Crippen LogP contribution in [0, 0.1) is 0 Å². The molecule has 0 saturated heterocycles. The van der Waals surface area contributed by atoms with Gasteiger partial charge in [0.1, 0.15) is 0 Å². The lowest BCUT2D eigenvalue weighted by atomic mass is 10.7. The van der Waals surface area contributed by atoms with Crippen LogP contribution in [-0.4, -0.2) is 51.2 Å². The molecule has 0 aromatic heterocycles. The fourth-order valence-electron chi connectivity index (χ4n) is 0.381. The van der Waals surface area contributed by atoms with E-state index in [0.29, 0.717) is 0 Å². The normalized spacial score (nSPS) is 12.5. The van der Waals surface area contributed by atoms with Crippen LogP contribution >= 0.6 is 0 Å². The molecular formula is C4H12O6Si. The van der Waals surface area contributed by atoms with Crippen LogP contribution in [0.5, 0.6) is 0 Å². The summed E-state index contributed by atoms with van der Waals surface area (Å²) in [7, 11) is -1.16. The predicted octanol–water partition coefficient (Wildman–Crippen LogP) is -1.97. The van der Waals surface area contributed by atoms with Crippen molar-refractivity contribution in [2.75, 3.05) is 20.8 Å². The van der Waals surface area contributed by atoms with Crippen molar-refractivity contribution in [1.82, 2.24) is 0 Å². The lowest BCUT2D eigenvalue weighted by molar-refractivity contribution is -0.0958. The molecule has 0 aliphatic heterocycles. The van der Waals surface area contributed by atoms with E-state index in [1.54, 1.807) is 0 Å². The molecule has 0 aromatic carbocycles. The molecule has 0 spiro atoms. The maximum absolute atomic E-state index is 9.13. The molecule has 0 radical (unpaired) electrons. The Morgan fingerprint density at radius 3 is 2.00 bits per heavy atom. The maximum Gasteiger partial charge on any atom is 0.676 e. The minimum absolute atomic E-state index is 0.440. The smallest absolute Gasteiger partial charge is 0.367 e. The van der Waals surface area contributed by atoms with Crippen molar-refractivity contribution in [2.45, 2.75) is 6.29 Å². The minimum Gasteiger partial charge on any atom is -0.367 e. The third-order valence-electron chi connectivity index (χ3n) is 0.931. The molecule has 0 amide bonds. The van der Waals surface area contributed by atoms with Crippen LogP contribution in [0.4, 0.5) is 0 Å². The zero-order valence-corrected chi connectivity index (χ0v) is 7.35. The van der Waals surface area contributed by atoms with Crippen LogP contribution in [0.2, 0.25) is 0 Å². The molecule has 3 N–H and O–H groups in total. The molecule has 6 nitrogen and oxygen atoms in total. The lowest BCUT2D eigenvalue weighted by Gasteiger charge is -2.18. The van der Waals surface area contributed by atoms with E-state index in [4.69, 9.17) is 15.0 Å². The van der Waals surface area contributed by atoms with Crippen molar-refractivity contribution < 1.29 is 28.3 Å². The third kappa shape index (κ3) is 4.43. The Morgan fingerprint density at radius 2 is 1.73 bits per heavy atom. The van der Waals surface area contributed by atoms with Crippen LogP contribution in [0.25, 0.3) is 0 Å². The van der Waals surface area contributed by atoms with Gasteiger partial charge in [0.15, 0.2) is 6.29 Å². The highest BCUT2D eigenvalue weighted by molar-refractivity contribution is 6.51. The standard InChI is InChI=1S/C4H12O6Si/c1-8-11(7,9-2)10-3-4(5)6/h4-7H,3H2,1-2H3. The van der Waals surface area contributed by atoms with Gasteiger partial charge in [0.25, 0.3) is 0 Å². The zero-order valence-electron chi connectivity index (χ0n) is 6.35. The Labute approximate surface area is 65.4 Å². The first-order valence-electron chi connectivity index (χ1n) is 2.87. The average molecular weight is 184 g/mol. The van der Waals surface area contributed by atoms with Gasteiger partial charge < -0.3 is 28.3 Å². The van der Waals surface area contributed by atoms with Crippen molar-refractivity contribution in [1.29, 1.82) is 0 Å². The van der Waals surface area contributed by atoms with E-state index in [1.807, 2.05) is 0 Å². The largest absolute Gasteiger partial charge is 0.676 e. The molecule has 0 heterocycles. The Bertz CT molecular complexity index is 103. The van der Waals surface area contributed by atoms with Crippen LogP contribution in [0.3, 0.4) is 0 Å². The van der Waals surface area contributed by atoms with Gasteiger partial charge in [-0.25, -0.2) is 0 Å². The number of hydrogen-bond acceptors (Lipinski definition) is 6. The van der Waals surface area contributed by atoms with E-state index in [-0.39, 0.29) is 0 Å². The van der Waals surface area contributed by atoms with Crippen LogP contribution < -0.4 is 0 Å². The van der Waals surface area contributed by atoms with Crippen LogP contribution in [0.15, 0.2) is 0 Å². The summed E-state index contributed by atoms with van der Waals surface area (Å²) in [5.41, 5.74) is 0. The maximum atomic E-state index is 9.13. The molecule has 0 atom stereocenters. The molecule has 0 aliphatic carbocycles. The topological polar surface area (TPSA) is 88.4 Å². The summed E-state index contributed by atoms with van der Waals surface area (Å²) < 4.78 is 13.5. The van der Waals surface area contributed by atoms with Gasteiger partial charge in [-0.15, -0.1) is 0 Å². The van der Waals surface area contributed by atoms with Gasteiger partial charge in [-0.2, -0.15) is 0 Å². The Morgan fingerprint density at radius 1 is 1.27 bits per heavy atom. The molecule has 0 rings (SSSR count). The van der Waals surface area contributed by atoms with Gasteiger partial charge >= 0.3 is 9.05 Å². The van der Waals surface area contributed by atoms with Gasteiger partial charge in [-0.3, -0.25) is 0 Å². The lowest BCUT2D eigenvalue weighted by Crippen LogP contribution is -2.45. The second-order valence-corrected chi connectivity index (χ2v) is 3.88. The first-order valence-corrected chi connectivity index (χ1v) is 4.54. The first kappa shape index (κ1) is 11.0. The van der Waals surface area contributed by atoms with E-state index in [0.717, 1.165) is 0 Å². The van der Waals surface area contributed by atoms with Gasteiger partial charge in [0.2, 0.25) is 0 Å². The van der Waals surface area contributed by atoms with Gasteiger partial charge in [0.05, 0.1) is 6.61 Å². The van der Waals surface area contributed by atoms with E-state index in [2.05, 4.69) is 13.3 Å². The summed E-state index contributed by atoms with van der Waals surface area (Å²) in [5, 5.41) is 16.7. The summed E-state index contributed by atoms with van der Waals surface area (Å²) in [6.07, 6.45) is -1.64. The quantitative estimate of drug-likeness (QED) is 0.339. The minimum atomic E-state index is -3.58. The molecule has 0 saturated carbocycles. The molecule has 0 aliphatic rings. The second kappa shape index (κ2) is 4.77. The highest BCUT2D eigenvalue weighted by atomic mass is 28.4. The Hall–Kier alpha value is -0.0231. The molecule has 0 bridgehead atoms. The highest BCUT2D eigenvalue weighted by Gasteiger charge is 2.38. The molecule has 0 aromatic rings. The molecule has 68 valence electrons. The van der Waals surface area contributed by atoms with Crippen molar-refractivity contribution in [3.63, 3.8) is 0 Å². The molecular weight excluding hydrogens is 172 g/mol. The van der Waals surface area contributed by atoms with Crippen molar-refractivity contribution in [3.05, 3.63) is 0 Å². The van der Waals surface area contributed by atoms with Gasteiger partial charge in [0, 0.05) is 14.2 Å². The molecule has 0 fully saturated rings. The first-order chi connectivity index (χ1) is 5.04. The number of aliphatic hydroxyl groups excluding tert-OH is 1. The Kier molecular flexibility index (Phi) is 4.76. The monoisotopic (exact) mass is 184 g/mol. The summed E-state index contributed by atoms with van der Waals surface area (Å²) in [4.78, 5) is 9.13. The number of hydrogen-bond donors (Lipinski definition) is 3. The highest BCUT2D eigenvalue weighted by Crippen LogP contribution is 2.01. The SMILES string of the molecule is CO[Si](O)(OC)OCC(O)O. The summed E-state index contributed by atoms with van der Waals surface area (Å²) in [6, 6.07) is 0. The van der Waals surface area contributed by atoms with Gasteiger partial charge in [-0.1, -0.05) is 0 Å². The third-order valence-corrected chi connectivity index (χ3v) is 2.49. The van der Waals surface area contributed by atoms with Gasteiger partial charge in [-0.05, 0) is 0 Å². The molecule has 11 heavy (non-hydrogen) atoms. The van der Waals surface area contributed by atoms with E-state index < -0.39 is 21.9 Å². The van der Waals surface area contributed by atoms with E-state index in [1.165, 1.54) is 14.2 Å². The summed E-state index contributed by atoms with van der Waals surface area (Å²) in [6.45, 7) is -0.440. The number of aliphatic hydroxyl groups is 2.